The average molecular weight is 284 g/mol. The van der Waals surface area contributed by atoms with Gasteiger partial charge in [-0.15, -0.1) is 0 Å². The predicted molar refractivity (Wildman–Crippen MR) is 77.1 cm³/mol. The van der Waals surface area contributed by atoms with Crippen molar-refractivity contribution in [1.29, 1.82) is 0 Å². The first-order valence-electron chi connectivity index (χ1n) is 6.15. The Bertz CT molecular complexity index is 433. The summed E-state index contributed by atoms with van der Waals surface area (Å²) in [7, 11) is 1.78. The lowest BCUT2D eigenvalue weighted by molar-refractivity contribution is -0.126. The van der Waals surface area contributed by atoms with E-state index >= 15 is 0 Å². The Labute approximate surface area is 117 Å². The normalized spacial score (nSPS) is 11.9. The smallest absolute Gasteiger partial charge is 0.248 e. The van der Waals surface area contributed by atoms with Crippen molar-refractivity contribution in [2.75, 3.05) is 17.3 Å². The van der Waals surface area contributed by atoms with Crippen LogP contribution < -0.4 is 10.6 Å². The fourth-order valence-corrected chi connectivity index (χ4v) is 1.97. The second kappa shape index (κ2) is 7.83. The Balaban J connectivity index is 2.61. The van der Waals surface area contributed by atoms with Crippen molar-refractivity contribution >= 4 is 29.4 Å². The van der Waals surface area contributed by atoms with E-state index in [1.54, 1.807) is 42.7 Å². The highest BCUT2D eigenvalue weighted by atomic mass is 32.2. The number of carbonyl (C=O) groups excluding carboxylic acids is 2. The zero-order chi connectivity index (χ0) is 14.3. The molecule has 0 spiro atoms. The summed E-state index contributed by atoms with van der Waals surface area (Å²) in [5.74, 6) is 0.953. The molecular weight excluding hydrogens is 264 g/mol. The van der Waals surface area contributed by atoms with E-state index in [9.17, 15) is 9.59 Å². The van der Waals surface area contributed by atoms with Gasteiger partial charge in [0, 0.05) is 25.7 Å². The minimum absolute atomic E-state index is 0.123. The first kappa shape index (κ1) is 15.6. The van der Waals surface area contributed by atoms with Crippen LogP contribution in [0.4, 0.5) is 5.82 Å². The first-order valence-corrected chi connectivity index (χ1v) is 7.55. The molecule has 0 aromatic carbocycles. The molecule has 1 atom stereocenters. The van der Waals surface area contributed by atoms with Gasteiger partial charge in [-0.05, 0) is 18.4 Å². The van der Waals surface area contributed by atoms with Gasteiger partial charge in [-0.3, -0.25) is 14.3 Å². The van der Waals surface area contributed by atoms with Gasteiger partial charge in [0.05, 0.1) is 0 Å². The van der Waals surface area contributed by atoms with Crippen molar-refractivity contribution in [2.45, 2.75) is 25.8 Å². The largest absolute Gasteiger partial charge is 0.344 e. The van der Waals surface area contributed by atoms with Crippen LogP contribution in [0.2, 0.25) is 0 Å². The third-order valence-electron chi connectivity index (χ3n) is 2.55. The SMILES string of the molecule is CCC(=O)NC(CCSC)C(=O)Nc1ccn(C)n1. The molecule has 2 N–H and O–H groups in total. The van der Waals surface area contributed by atoms with E-state index in [0.717, 1.165) is 5.75 Å². The maximum atomic E-state index is 12.1. The molecule has 1 aromatic rings. The average Bonchev–Trinajstić information content (AvgIpc) is 2.79. The van der Waals surface area contributed by atoms with Crippen molar-refractivity contribution in [2.24, 2.45) is 7.05 Å². The number of anilines is 1. The molecule has 1 rings (SSSR count). The van der Waals surface area contributed by atoms with E-state index in [2.05, 4.69) is 15.7 Å². The molecule has 1 heterocycles. The molecule has 1 unspecified atom stereocenters. The molecule has 6 nitrogen and oxygen atoms in total. The van der Waals surface area contributed by atoms with Gasteiger partial charge >= 0.3 is 0 Å². The lowest BCUT2D eigenvalue weighted by atomic mass is 10.2. The topological polar surface area (TPSA) is 76.0 Å². The summed E-state index contributed by atoms with van der Waals surface area (Å²) in [6.07, 6.45) is 4.69. The van der Waals surface area contributed by atoms with Crippen LogP contribution >= 0.6 is 11.8 Å². The number of aromatic nitrogens is 2. The first-order chi connectivity index (χ1) is 9.06. The van der Waals surface area contributed by atoms with Crippen LogP contribution in [0.25, 0.3) is 0 Å². The lowest BCUT2D eigenvalue weighted by Gasteiger charge is -2.16. The zero-order valence-corrected chi connectivity index (χ0v) is 12.3. The number of hydrogen-bond donors (Lipinski definition) is 2. The van der Waals surface area contributed by atoms with Crippen LogP contribution in [-0.4, -0.2) is 39.6 Å². The molecule has 0 aliphatic carbocycles. The minimum atomic E-state index is -0.512. The van der Waals surface area contributed by atoms with Crippen molar-refractivity contribution in [1.82, 2.24) is 15.1 Å². The molecule has 0 radical (unpaired) electrons. The van der Waals surface area contributed by atoms with Crippen molar-refractivity contribution in [3.05, 3.63) is 12.3 Å². The van der Waals surface area contributed by atoms with E-state index in [1.807, 2.05) is 6.26 Å². The van der Waals surface area contributed by atoms with Gasteiger partial charge in [-0.2, -0.15) is 16.9 Å². The van der Waals surface area contributed by atoms with Crippen LogP contribution in [0.15, 0.2) is 12.3 Å². The van der Waals surface area contributed by atoms with Crippen LogP contribution in [0.1, 0.15) is 19.8 Å². The van der Waals surface area contributed by atoms with Gasteiger partial charge in [-0.25, -0.2) is 0 Å². The number of thioether (sulfide) groups is 1. The molecule has 0 saturated heterocycles. The minimum Gasteiger partial charge on any atom is -0.344 e. The number of nitrogens with zero attached hydrogens (tertiary/aromatic N) is 2. The summed E-state index contributed by atoms with van der Waals surface area (Å²) < 4.78 is 1.61. The molecule has 106 valence electrons. The number of aryl methyl sites for hydroxylation is 1. The van der Waals surface area contributed by atoms with Crippen molar-refractivity contribution in [3.63, 3.8) is 0 Å². The molecule has 0 fully saturated rings. The third-order valence-corrected chi connectivity index (χ3v) is 3.19. The van der Waals surface area contributed by atoms with Gasteiger partial charge in [0.1, 0.15) is 6.04 Å². The highest BCUT2D eigenvalue weighted by molar-refractivity contribution is 7.98. The summed E-state index contributed by atoms with van der Waals surface area (Å²) >= 11 is 1.64. The number of amides is 2. The van der Waals surface area contributed by atoms with E-state index in [1.165, 1.54) is 0 Å². The zero-order valence-electron chi connectivity index (χ0n) is 11.5. The van der Waals surface area contributed by atoms with Crippen LogP contribution in [0.5, 0.6) is 0 Å². The highest BCUT2D eigenvalue weighted by Crippen LogP contribution is 2.06. The summed E-state index contributed by atoms with van der Waals surface area (Å²) in [6, 6.07) is 1.20. The quantitative estimate of drug-likeness (QED) is 0.783. The van der Waals surface area contributed by atoms with Crippen LogP contribution in [-0.2, 0) is 16.6 Å². The second-order valence-electron chi connectivity index (χ2n) is 4.12. The molecule has 2 amide bonds. The Morgan fingerprint density at radius 2 is 2.26 bits per heavy atom. The van der Waals surface area contributed by atoms with Crippen molar-refractivity contribution in [3.8, 4) is 0 Å². The number of nitrogens with one attached hydrogen (secondary N) is 2. The summed E-state index contributed by atoms with van der Waals surface area (Å²) in [4.78, 5) is 23.5. The molecular formula is C12H20N4O2S. The van der Waals surface area contributed by atoms with Crippen molar-refractivity contribution < 1.29 is 9.59 Å². The number of hydrogen-bond acceptors (Lipinski definition) is 4. The van der Waals surface area contributed by atoms with Gasteiger partial charge in [0.15, 0.2) is 5.82 Å². The summed E-state index contributed by atoms with van der Waals surface area (Å²) in [5.41, 5.74) is 0. The number of carbonyl (C=O) groups is 2. The molecule has 0 aliphatic heterocycles. The fraction of sp³-hybridized carbons (Fsp3) is 0.583. The van der Waals surface area contributed by atoms with Gasteiger partial charge < -0.3 is 10.6 Å². The number of rotatable bonds is 7. The monoisotopic (exact) mass is 284 g/mol. The molecule has 0 saturated carbocycles. The summed E-state index contributed by atoms with van der Waals surface area (Å²) in [5, 5.41) is 9.52. The fourth-order valence-electron chi connectivity index (χ4n) is 1.50. The lowest BCUT2D eigenvalue weighted by Crippen LogP contribution is -2.44. The molecule has 0 bridgehead atoms. The maximum Gasteiger partial charge on any atom is 0.248 e. The second-order valence-corrected chi connectivity index (χ2v) is 5.10. The summed E-state index contributed by atoms with van der Waals surface area (Å²) in [6.45, 7) is 1.76. The third kappa shape index (κ3) is 5.34. The van der Waals surface area contributed by atoms with E-state index in [4.69, 9.17) is 0 Å². The molecule has 7 heteroatoms. The Hall–Kier alpha value is -1.50. The Morgan fingerprint density at radius 3 is 2.79 bits per heavy atom. The van der Waals surface area contributed by atoms with E-state index < -0.39 is 6.04 Å². The van der Waals surface area contributed by atoms with Gasteiger partial charge in [0.2, 0.25) is 11.8 Å². The van der Waals surface area contributed by atoms with E-state index in [0.29, 0.717) is 18.7 Å². The molecule has 0 aliphatic rings. The van der Waals surface area contributed by atoms with Crippen LogP contribution in [0, 0.1) is 0 Å². The highest BCUT2D eigenvalue weighted by Gasteiger charge is 2.20. The van der Waals surface area contributed by atoms with Gasteiger partial charge in [0.25, 0.3) is 0 Å². The Kier molecular flexibility index (Phi) is 6.41. The molecule has 19 heavy (non-hydrogen) atoms. The van der Waals surface area contributed by atoms with Gasteiger partial charge in [-0.1, -0.05) is 6.92 Å². The predicted octanol–water partition coefficient (Wildman–Crippen LogP) is 1.01. The maximum absolute atomic E-state index is 12.1. The Morgan fingerprint density at radius 1 is 1.53 bits per heavy atom. The standard InChI is InChI=1S/C12H20N4O2S/c1-4-11(17)13-9(6-8-19-3)12(18)14-10-5-7-16(2)15-10/h5,7,9H,4,6,8H2,1-3H3,(H,13,17)(H,14,15,18). The van der Waals surface area contributed by atoms with E-state index in [-0.39, 0.29) is 11.8 Å². The molecule has 1 aromatic heterocycles. The van der Waals surface area contributed by atoms with Crippen LogP contribution in [0.3, 0.4) is 0 Å².